The molecule has 1 heterocycles. The summed E-state index contributed by atoms with van der Waals surface area (Å²) >= 11 is 0. The van der Waals surface area contributed by atoms with Crippen molar-refractivity contribution in [2.24, 2.45) is 5.92 Å². The van der Waals surface area contributed by atoms with Crippen LogP contribution in [-0.4, -0.2) is 54.3 Å². The molecule has 1 aromatic carbocycles. The topological polar surface area (TPSA) is 52.7 Å². The summed E-state index contributed by atoms with van der Waals surface area (Å²) in [5.41, 5.74) is 0.827. The van der Waals surface area contributed by atoms with E-state index in [1.807, 2.05) is 35.2 Å². The molecule has 0 spiro atoms. The van der Waals surface area contributed by atoms with Crippen LogP contribution in [0.4, 0.5) is 5.69 Å². The minimum absolute atomic E-state index is 0.00642. The van der Waals surface area contributed by atoms with Crippen LogP contribution < -0.4 is 5.32 Å². The molecule has 2 fully saturated rings. The van der Waals surface area contributed by atoms with Gasteiger partial charge in [-0.15, -0.1) is 0 Å². The summed E-state index contributed by atoms with van der Waals surface area (Å²) in [6.07, 6.45) is 5.70. The number of piperazine rings is 1. The molecule has 1 saturated carbocycles. The molecule has 0 bridgehead atoms. The van der Waals surface area contributed by atoms with Crippen molar-refractivity contribution in [2.75, 3.05) is 38.0 Å². The number of benzene rings is 1. The molecule has 1 N–H and O–H groups in total. The van der Waals surface area contributed by atoms with Crippen molar-refractivity contribution in [3.63, 3.8) is 0 Å². The van der Waals surface area contributed by atoms with Gasteiger partial charge in [0, 0.05) is 38.3 Å². The standard InChI is InChI=1S/C19H27N3O2/c23-18(20-17-8-2-1-3-9-17)15-21-10-12-22(13-11-21)19(24)14-16-6-4-5-7-16/h1-3,8-9,16H,4-7,10-15H2,(H,20,23). The van der Waals surface area contributed by atoms with E-state index in [9.17, 15) is 9.59 Å². The van der Waals surface area contributed by atoms with E-state index in [1.165, 1.54) is 25.7 Å². The van der Waals surface area contributed by atoms with Crippen LogP contribution in [0.2, 0.25) is 0 Å². The molecule has 0 aromatic heterocycles. The number of nitrogens with zero attached hydrogens (tertiary/aromatic N) is 2. The van der Waals surface area contributed by atoms with Crippen molar-refractivity contribution < 1.29 is 9.59 Å². The number of nitrogens with one attached hydrogen (secondary N) is 1. The van der Waals surface area contributed by atoms with Crippen molar-refractivity contribution in [2.45, 2.75) is 32.1 Å². The number of amides is 2. The lowest BCUT2D eigenvalue weighted by Gasteiger charge is -2.34. The van der Waals surface area contributed by atoms with Gasteiger partial charge in [0.05, 0.1) is 6.54 Å². The van der Waals surface area contributed by atoms with Gasteiger partial charge in [0.15, 0.2) is 0 Å². The largest absolute Gasteiger partial charge is 0.340 e. The molecule has 0 atom stereocenters. The van der Waals surface area contributed by atoms with Crippen LogP contribution in [0.3, 0.4) is 0 Å². The molecule has 24 heavy (non-hydrogen) atoms. The lowest BCUT2D eigenvalue weighted by Crippen LogP contribution is -2.50. The van der Waals surface area contributed by atoms with Crippen LogP contribution in [0.1, 0.15) is 32.1 Å². The van der Waals surface area contributed by atoms with E-state index in [4.69, 9.17) is 0 Å². The monoisotopic (exact) mass is 329 g/mol. The molecule has 130 valence electrons. The molecule has 0 radical (unpaired) electrons. The highest BCUT2D eigenvalue weighted by Crippen LogP contribution is 2.28. The van der Waals surface area contributed by atoms with Crippen molar-refractivity contribution in [1.82, 2.24) is 9.80 Å². The quantitative estimate of drug-likeness (QED) is 0.902. The first kappa shape index (κ1) is 17.0. The highest BCUT2D eigenvalue weighted by molar-refractivity contribution is 5.92. The van der Waals surface area contributed by atoms with Gasteiger partial charge in [-0.3, -0.25) is 14.5 Å². The second-order valence-corrected chi connectivity index (χ2v) is 6.93. The predicted molar refractivity (Wildman–Crippen MR) is 94.7 cm³/mol. The summed E-state index contributed by atoms with van der Waals surface area (Å²) in [4.78, 5) is 28.5. The van der Waals surface area contributed by atoms with Gasteiger partial charge in [0.25, 0.3) is 0 Å². The van der Waals surface area contributed by atoms with E-state index in [-0.39, 0.29) is 5.91 Å². The summed E-state index contributed by atoms with van der Waals surface area (Å²) in [6.45, 7) is 3.42. The fourth-order valence-electron chi connectivity index (χ4n) is 3.67. The van der Waals surface area contributed by atoms with Crippen molar-refractivity contribution >= 4 is 17.5 Å². The normalized spacial score (nSPS) is 19.4. The van der Waals surface area contributed by atoms with Gasteiger partial charge in [0.1, 0.15) is 0 Å². The Labute approximate surface area is 144 Å². The lowest BCUT2D eigenvalue weighted by atomic mass is 10.0. The Morgan fingerprint density at radius 1 is 1.00 bits per heavy atom. The van der Waals surface area contributed by atoms with Gasteiger partial charge >= 0.3 is 0 Å². The number of carbonyl (C=O) groups excluding carboxylic acids is 2. The first-order valence-corrected chi connectivity index (χ1v) is 9.06. The molecule has 2 amide bonds. The van der Waals surface area contributed by atoms with Crippen LogP contribution in [0.5, 0.6) is 0 Å². The molecule has 1 aliphatic heterocycles. The second-order valence-electron chi connectivity index (χ2n) is 6.93. The van der Waals surface area contributed by atoms with Gasteiger partial charge in [-0.25, -0.2) is 0 Å². The fraction of sp³-hybridized carbons (Fsp3) is 0.579. The summed E-state index contributed by atoms with van der Waals surface area (Å²) in [5, 5.41) is 2.91. The molecule has 1 aromatic rings. The Balaban J connectivity index is 1.38. The van der Waals surface area contributed by atoms with Crippen LogP contribution in [0.15, 0.2) is 30.3 Å². The molecular formula is C19H27N3O2. The minimum atomic E-state index is 0.00642. The molecule has 2 aliphatic rings. The third-order valence-electron chi connectivity index (χ3n) is 5.09. The molecule has 5 nitrogen and oxygen atoms in total. The Hall–Kier alpha value is -1.88. The highest BCUT2D eigenvalue weighted by atomic mass is 16.2. The first-order valence-electron chi connectivity index (χ1n) is 9.06. The molecular weight excluding hydrogens is 302 g/mol. The molecule has 1 saturated heterocycles. The smallest absolute Gasteiger partial charge is 0.238 e. The zero-order valence-electron chi connectivity index (χ0n) is 14.2. The molecule has 3 rings (SSSR count). The van der Waals surface area contributed by atoms with Crippen LogP contribution in [0, 0.1) is 5.92 Å². The van der Waals surface area contributed by atoms with Crippen LogP contribution >= 0.6 is 0 Å². The maximum Gasteiger partial charge on any atom is 0.238 e. The van der Waals surface area contributed by atoms with Gasteiger partial charge in [-0.2, -0.15) is 0 Å². The van der Waals surface area contributed by atoms with E-state index in [0.717, 1.165) is 31.9 Å². The molecule has 1 aliphatic carbocycles. The third-order valence-corrected chi connectivity index (χ3v) is 5.09. The summed E-state index contributed by atoms with van der Waals surface area (Å²) in [5.74, 6) is 0.911. The zero-order valence-corrected chi connectivity index (χ0v) is 14.2. The summed E-state index contributed by atoms with van der Waals surface area (Å²) < 4.78 is 0. The minimum Gasteiger partial charge on any atom is -0.340 e. The number of hydrogen-bond donors (Lipinski definition) is 1. The number of rotatable bonds is 5. The van der Waals surface area contributed by atoms with Gasteiger partial charge < -0.3 is 10.2 Å². The molecule has 0 unspecified atom stereocenters. The van der Waals surface area contributed by atoms with Crippen molar-refractivity contribution in [1.29, 1.82) is 0 Å². The number of carbonyl (C=O) groups is 2. The van der Waals surface area contributed by atoms with Crippen molar-refractivity contribution in [3.05, 3.63) is 30.3 Å². The first-order chi connectivity index (χ1) is 11.7. The van der Waals surface area contributed by atoms with Gasteiger partial charge in [-0.05, 0) is 30.9 Å². The number of para-hydroxylation sites is 1. The third kappa shape index (κ3) is 4.81. The Morgan fingerprint density at radius 3 is 2.33 bits per heavy atom. The van der Waals surface area contributed by atoms with E-state index >= 15 is 0 Å². The van der Waals surface area contributed by atoms with E-state index in [2.05, 4.69) is 10.2 Å². The van der Waals surface area contributed by atoms with Crippen LogP contribution in [-0.2, 0) is 9.59 Å². The van der Waals surface area contributed by atoms with Crippen LogP contribution in [0.25, 0.3) is 0 Å². The van der Waals surface area contributed by atoms with Crippen molar-refractivity contribution in [3.8, 4) is 0 Å². The van der Waals surface area contributed by atoms with E-state index in [0.29, 0.717) is 24.8 Å². The van der Waals surface area contributed by atoms with Gasteiger partial charge in [0.2, 0.25) is 11.8 Å². The second kappa shape index (κ2) is 8.29. The average Bonchev–Trinajstić information content (AvgIpc) is 3.09. The highest BCUT2D eigenvalue weighted by Gasteiger charge is 2.25. The molecule has 5 heteroatoms. The lowest BCUT2D eigenvalue weighted by molar-refractivity contribution is -0.134. The summed E-state index contributed by atoms with van der Waals surface area (Å²) in [6, 6.07) is 9.52. The Morgan fingerprint density at radius 2 is 1.67 bits per heavy atom. The maximum absolute atomic E-state index is 12.4. The van der Waals surface area contributed by atoms with E-state index in [1.54, 1.807) is 0 Å². The predicted octanol–water partition coefficient (Wildman–Crippen LogP) is 2.35. The van der Waals surface area contributed by atoms with E-state index < -0.39 is 0 Å². The Bertz CT molecular complexity index is 547. The fourth-order valence-corrected chi connectivity index (χ4v) is 3.67. The number of hydrogen-bond acceptors (Lipinski definition) is 3. The maximum atomic E-state index is 12.4. The zero-order chi connectivity index (χ0) is 16.8. The van der Waals surface area contributed by atoms with Gasteiger partial charge in [-0.1, -0.05) is 31.0 Å². The summed E-state index contributed by atoms with van der Waals surface area (Å²) in [7, 11) is 0. The SMILES string of the molecule is O=C(CN1CCN(C(=O)CC2CCCC2)CC1)Nc1ccccc1. The Kier molecular flexibility index (Phi) is 5.86. The number of anilines is 1. The average molecular weight is 329 g/mol.